The lowest BCUT2D eigenvalue weighted by Crippen LogP contribution is -2.57. The molecule has 15 heteroatoms. The second-order valence-corrected chi connectivity index (χ2v) is 7.95. The molecule has 1 aromatic heterocycles. The first-order chi connectivity index (χ1) is 16.8. The lowest BCUT2D eigenvalue weighted by Gasteiger charge is -2.39. The number of nitrogens with two attached hydrogens (primary N) is 1. The van der Waals surface area contributed by atoms with Crippen LogP contribution in [0.15, 0.2) is 51.6 Å². The average Bonchev–Trinajstić information content (AvgIpc) is 2.81. The van der Waals surface area contributed by atoms with E-state index in [1.807, 2.05) is 0 Å². The van der Waals surface area contributed by atoms with E-state index in [2.05, 4.69) is 32.0 Å². The third-order valence-corrected chi connectivity index (χ3v) is 5.32. The van der Waals surface area contributed by atoms with Gasteiger partial charge in [-0.1, -0.05) is 0 Å². The number of aliphatic imine (C=N–C) groups is 2. The third kappa shape index (κ3) is 6.08. The summed E-state index contributed by atoms with van der Waals surface area (Å²) in [6.45, 7) is 5.43. The molecular formula is C21H23F6N9. The van der Waals surface area contributed by atoms with Crippen molar-refractivity contribution >= 4 is 30.7 Å². The summed E-state index contributed by atoms with van der Waals surface area (Å²) in [7, 11) is 0. The Hall–Kier alpha value is -3.75. The van der Waals surface area contributed by atoms with Gasteiger partial charge in [-0.05, 0) is 19.7 Å². The van der Waals surface area contributed by atoms with Crippen molar-refractivity contribution in [2.45, 2.75) is 31.4 Å². The van der Waals surface area contributed by atoms with Crippen LogP contribution in [-0.4, -0.2) is 78.1 Å². The van der Waals surface area contributed by atoms with Crippen LogP contribution in [0.3, 0.4) is 0 Å². The number of nitrogens with one attached hydrogen (secondary N) is 2. The highest BCUT2D eigenvalue weighted by Crippen LogP contribution is 2.31. The highest BCUT2D eigenvalue weighted by Gasteiger charge is 2.38. The van der Waals surface area contributed by atoms with E-state index in [1.54, 1.807) is 11.8 Å². The molecule has 1 saturated heterocycles. The number of alkyl halides is 6. The molecule has 0 bridgehead atoms. The van der Waals surface area contributed by atoms with Crippen LogP contribution in [-0.2, 0) is 0 Å². The summed E-state index contributed by atoms with van der Waals surface area (Å²) >= 11 is 0. The zero-order valence-corrected chi connectivity index (χ0v) is 19.0. The maximum atomic E-state index is 13.2. The Balaban J connectivity index is 1.95. The number of hydrogen-bond acceptors (Lipinski definition) is 9. The third-order valence-electron chi connectivity index (χ3n) is 5.32. The first-order valence-corrected chi connectivity index (χ1v) is 10.5. The van der Waals surface area contributed by atoms with Crippen molar-refractivity contribution in [1.29, 1.82) is 5.41 Å². The summed E-state index contributed by atoms with van der Waals surface area (Å²) in [5, 5.41) is 10.5. The van der Waals surface area contributed by atoms with Gasteiger partial charge >= 0.3 is 12.4 Å². The smallest absolute Gasteiger partial charge is 0.394 e. The van der Waals surface area contributed by atoms with Crippen LogP contribution >= 0.6 is 0 Å². The fourth-order valence-corrected chi connectivity index (χ4v) is 3.75. The van der Waals surface area contributed by atoms with Gasteiger partial charge in [-0.15, -0.1) is 0 Å². The molecule has 0 saturated carbocycles. The highest BCUT2D eigenvalue weighted by molar-refractivity contribution is 5.79. The number of rotatable bonds is 6. The van der Waals surface area contributed by atoms with Crippen molar-refractivity contribution in [2.75, 3.05) is 24.5 Å². The minimum absolute atomic E-state index is 0.00443. The summed E-state index contributed by atoms with van der Waals surface area (Å²) in [6.07, 6.45) is -4.44. The number of hydrogen-bond donors (Lipinski definition) is 3. The molecule has 0 amide bonds. The van der Waals surface area contributed by atoms with Gasteiger partial charge in [-0.2, -0.15) is 26.3 Å². The predicted octanol–water partition coefficient (Wildman–Crippen LogP) is 2.86. The largest absolute Gasteiger partial charge is 0.434 e. The van der Waals surface area contributed by atoms with Crippen LogP contribution in [0.2, 0.25) is 0 Å². The monoisotopic (exact) mass is 515 g/mol. The van der Waals surface area contributed by atoms with E-state index in [4.69, 9.17) is 11.1 Å². The minimum Gasteiger partial charge on any atom is -0.394 e. The van der Waals surface area contributed by atoms with Crippen LogP contribution < -0.4 is 16.0 Å². The number of aromatic nitrogens is 2. The van der Waals surface area contributed by atoms with Gasteiger partial charge in [-0.3, -0.25) is 9.98 Å². The summed E-state index contributed by atoms with van der Waals surface area (Å²) in [6, 6.07) is 0.290. The Labute approximate surface area is 202 Å². The van der Waals surface area contributed by atoms with Gasteiger partial charge in [0, 0.05) is 49.5 Å². The summed E-state index contributed by atoms with van der Waals surface area (Å²) in [5.41, 5.74) is 2.49. The van der Waals surface area contributed by atoms with Gasteiger partial charge in [-0.25, -0.2) is 9.97 Å². The van der Waals surface area contributed by atoms with Crippen LogP contribution in [0.5, 0.6) is 0 Å². The van der Waals surface area contributed by atoms with Crippen molar-refractivity contribution in [2.24, 2.45) is 15.7 Å². The van der Waals surface area contributed by atoms with Gasteiger partial charge in [0.25, 0.3) is 0 Å². The Morgan fingerprint density at radius 2 is 2.00 bits per heavy atom. The molecule has 1 aromatic rings. The molecule has 36 heavy (non-hydrogen) atoms. The number of anilines is 1. The maximum absolute atomic E-state index is 13.2. The number of piperazine rings is 1. The van der Waals surface area contributed by atoms with Gasteiger partial charge < -0.3 is 26.3 Å². The zero-order chi connectivity index (χ0) is 26.7. The molecule has 1 fully saturated rings. The quantitative estimate of drug-likeness (QED) is 0.396. The fourth-order valence-electron chi connectivity index (χ4n) is 3.75. The van der Waals surface area contributed by atoms with Gasteiger partial charge in [0.1, 0.15) is 17.2 Å². The zero-order valence-electron chi connectivity index (χ0n) is 19.0. The van der Waals surface area contributed by atoms with Gasteiger partial charge in [0.2, 0.25) is 0 Å². The molecule has 2 unspecified atom stereocenters. The Morgan fingerprint density at radius 3 is 2.61 bits per heavy atom. The average molecular weight is 515 g/mol. The van der Waals surface area contributed by atoms with Crippen LogP contribution in [0.25, 0.3) is 5.70 Å². The molecule has 0 spiro atoms. The minimum atomic E-state index is -4.81. The van der Waals surface area contributed by atoms with Gasteiger partial charge in [0.15, 0.2) is 11.5 Å². The molecule has 2 atom stereocenters. The predicted molar refractivity (Wildman–Crippen MR) is 124 cm³/mol. The molecule has 4 N–H and O–H groups in total. The first kappa shape index (κ1) is 26.8. The van der Waals surface area contributed by atoms with E-state index in [-0.39, 0.29) is 30.7 Å². The van der Waals surface area contributed by atoms with E-state index in [0.717, 1.165) is 12.4 Å². The molecule has 0 aromatic carbocycles. The Bertz CT molecular complexity index is 1120. The number of allylic oxidation sites excluding steroid dienone is 2. The standard InChI is InChI=1S/C21H23F6N9/c1-12-9-36(10-14(33-12)13(7-28)18(29)21(25,26)27)17-3-4-32-19(34-17)15(8-30-2)35-6-5-31-16(11-35)20(22,23)24/h3-5,7-8,11-12,14,28,33H,2,6,9-10,29H2,1H3/b15-8-,18-13+,28-7?. The Morgan fingerprint density at radius 1 is 1.28 bits per heavy atom. The van der Waals surface area contributed by atoms with E-state index in [9.17, 15) is 26.3 Å². The van der Waals surface area contributed by atoms with Crippen molar-refractivity contribution in [3.8, 4) is 0 Å². The van der Waals surface area contributed by atoms with Crippen LogP contribution in [0, 0.1) is 5.41 Å². The first-order valence-electron chi connectivity index (χ1n) is 10.5. The summed E-state index contributed by atoms with van der Waals surface area (Å²) < 4.78 is 79.1. The molecular weight excluding hydrogens is 492 g/mol. The lowest BCUT2D eigenvalue weighted by atomic mass is 10.0. The SMILES string of the molecule is C=N/C=C(/c1nccc(N2CC(C)NC(/C(C=N)=C(/N)C(F)(F)F)C2)n1)N1C=C(C(F)(F)F)N=CC1. The van der Waals surface area contributed by atoms with E-state index >= 15 is 0 Å². The number of halogens is 6. The molecule has 194 valence electrons. The van der Waals surface area contributed by atoms with Crippen molar-refractivity contribution in [3.05, 3.63) is 47.5 Å². The van der Waals surface area contributed by atoms with E-state index in [1.165, 1.54) is 23.4 Å². The van der Waals surface area contributed by atoms with Crippen LogP contribution in [0.1, 0.15) is 12.7 Å². The molecule has 3 rings (SSSR count). The second kappa shape index (κ2) is 10.5. The lowest BCUT2D eigenvalue weighted by molar-refractivity contribution is -0.0942. The fraction of sp³-hybridized carbons (Fsp3) is 0.381. The molecule has 0 radical (unpaired) electrons. The molecule has 3 heterocycles. The maximum Gasteiger partial charge on any atom is 0.434 e. The molecule has 9 nitrogen and oxygen atoms in total. The van der Waals surface area contributed by atoms with Crippen LogP contribution in [0.4, 0.5) is 32.2 Å². The molecule has 2 aliphatic rings. The highest BCUT2D eigenvalue weighted by atomic mass is 19.4. The topological polar surface area (TPSA) is 119 Å². The van der Waals surface area contributed by atoms with E-state index < -0.39 is 35.4 Å². The second-order valence-electron chi connectivity index (χ2n) is 7.95. The molecule has 0 aliphatic carbocycles. The van der Waals surface area contributed by atoms with Crippen molar-refractivity contribution in [3.63, 3.8) is 0 Å². The van der Waals surface area contributed by atoms with Crippen molar-refractivity contribution < 1.29 is 26.3 Å². The number of nitrogens with zero attached hydrogens (tertiary/aromatic N) is 6. The van der Waals surface area contributed by atoms with Gasteiger partial charge in [0.05, 0.1) is 18.8 Å². The molecule has 2 aliphatic heterocycles. The van der Waals surface area contributed by atoms with Crippen molar-refractivity contribution in [1.82, 2.24) is 20.2 Å². The van der Waals surface area contributed by atoms with E-state index in [0.29, 0.717) is 18.6 Å². The Kier molecular flexibility index (Phi) is 7.81. The summed E-state index contributed by atoms with van der Waals surface area (Å²) in [4.78, 5) is 18.5. The normalized spacial score (nSPS) is 22.2. The summed E-state index contributed by atoms with van der Waals surface area (Å²) in [5.74, 6) is 0.335.